The van der Waals surface area contributed by atoms with E-state index in [2.05, 4.69) is 33.0 Å². The van der Waals surface area contributed by atoms with Crippen LogP contribution in [-0.2, 0) is 6.42 Å². The van der Waals surface area contributed by atoms with Gasteiger partial charge in [0.2, 0.25) is 17.5 Å². The number of oxazole rings is 1. The summed E-state index contributed by atoms with van der Waals surface area (Å²) in [5.41, 5.74) is 0.271. The van der Waals surface area contributed by atoms with Gasteiger partial charge in [-0.15, -0.1) is 0 Å². The van der Waals surface area contributed by atoms with Crippen molar-refractivity contribution in [2.45, 2.75) is 26.3 Å². The zero-order valence-corrected chi connectivity index (χ0v) is 15.3. The molecule has 0 aliphatic carbocycles. The second kappa shape index (κ2) is 7.25. The standard InChI is InChI=1S/C18H20N6O3/c1-3-15-21-16(27-22-15)12(2)23-6-8-24(9-7-23)18-13(11-19)20-17(26-18)14-5-4-10-25-14/h4-5,10,12H,3,6-9H2,1-2H3/t12-/m1/s1. The molecule has 0 radical (unpaired) electrons. The first-order chi connectivity index (χ1) is 13.2. The molecule has 0 N–H and O–H groups in total. The minimum Gasteiger partial charge on any atom is -0.459 e. The van der Waals surface area contributed by atoms with Crippen molar-refractivity contribution in [3.8, 4) is 17.7 Å². The average Bonchev–Trinajstić information content (AvgIpc) is 3.47. The molecule has 27 heavy (non-hydrogen) atoms. The maximum absolute atomic E-state index is 9.41. The van der Waals surface area contributed by atoms with Gasteiger partial charge in [0.05, 0.1) is 12.3 Å². The SMILES string of the molecule is CCc1noc([C@@H](C)N2CCN(c3oc(-c4ccco4)nc3C#N)CC2)n1. The highest BCUT2D eigenvalue weighted by Gasteiger charge is 2.29. The lowest BCUT2D eigenvalue weighted by atomic mass is 10.2. The van der Waals surface area contributed by atoms with Gasteiger partial charge in [-0.1, -0.05) is 12.1 Å². The molecule has 3 aromatic rings. The minimum absolute atomic E-state index is 0.0452. The predicted octanol–water partition coefficient (Wildman–Crippen LogP) is 2.63. The van der Waals surface area contributed by atoms with Gasteiger partial charge in [-0.05, 0) is 19.1 Å². The van der Waals surface area contributed by atoms with Crippen LogP contribution in [0.1, 0.15) is 37.3 Å². The second-order valence-corrected chi connectivity index (χ2v) is 6.36. The zero-order chi connectivity index (χ0) is 18.8. The van der Waals surface area contributed by atoms with Crippen LogP contribution in [0.5, 0.6) is 0 Å². The fourth-order valence-corrected chi connectivity index (χ4v) is 3.15. The largest absolute Gasteiger partial charge is 0.459 e. The number of rotatable bonds is 5. The molecular weight excluding hydrogens is 348 g/mol. The highest BCUT2D eigenvalue weighted by atomic mass is 16.5. The molecule has 1 saturated heterocycles. The van der Waals surface area contributed by atoms with Crippen molar-refractivity contribution in [3.05, 3.63) is 35.8 Å². The van der Waals surface area contributed by atoms with Crippen molar-refractivity contribution in [1.82, 2.24) is 20.0 Å². The Morgan fingerprint density at radius 2 is 2.07 bits per heavy atom. The third kappa shape index (κ3) is 3.31. The van der Waals surface area contributed by atoms with Crippen molar-refractivity contribution in [3.63, 3.8) is 0 Å². The van der Waals surface area contributed by atoms with Crippen LogP contribution in [0.4, 0.5) is 5.88 Å². The molecule has 9 heteroatoms. The van der Waals surface area contributed by atoms with Gasteiger partial charge in [0.25, 0.3) is 5.89 Å². The van der Waals surface area contributed by atoms with Crippen LogP contribution in [0.2, 0.25) is 0 Å². The number of hydrogen-bond acceptors (Lipinski definition) is 9. The van der Waals surface area contributed by atoms with Crippen molar-refractivity contribution in [1.29, 1.82) is 5.26 Å². The van der Waals surface area contributed by atoms with Crippen LogP contribution in [0, 0.1) is 11.3 Å². The molecule has 0 bridgehead atoms. The van der Waals surface area contributed by atoms with Crippen molar-refractivity contribution < 1.29 is 13.4 Å². The van der Waals surface area contributed by atoms with Gasteiger partial charge in [0, 0.05) is 32.6 Å². The molecule has 0 saturated carbocycles. The summed E-state index contributed by atoms with van der Waals surface area (Å²) in [4.78, 5) is 13.0. The highest BCUT2D eigenvalue weighted by molar-refractivity contribution is 5.55. The van der Waals surface area contributed by atoms with Gasteiger partial charge in [0.15, 0.2) is 11.6 Å². The molecule has 0 amide bonds. The summed E-state index contributed by atoms with van der Waals surface area (Å²) in [6.45, 7) is 7.05. The first-order valence-corrected chi connectivity index (χ1v) is 8.96. The van der Waals surface area contributed by atoms with Crippen LogP contribution < -0.4 is 4.90 Å². The van der Waals surface area contributed by atoms with E-state index in [0.29, 0.717) is 36.5 Å². The zero-order valence-electron chi connectivity index (χ0n) is 15.3. The van der Waals surface area contributed by atoms with Crippen LogP contribution in [0.15, 0.2) is 31.8 Å². The number of aryl methyl sites for hydroxylation is 1. The monoisotopic (exact) mass is 368 g/mol. The Morgan fingerprint density at radius 3 is 2.70 bits per heavy atom. The lowest BCUT2D eigenvalue weighted by molar-refractivity contribution is 0.162. The van der Waals surface area contributed by atoms with E-state index >= 15 is 0 Å². The van der Waals surface area contributed by atoms with Gasteiger partial charge in [-0.3, -0.25) is 4.90 Å². The van der Waals surface area contributed by atoms with E-state index in [-0.39, 0.29) is 11.7 Å². The fraction of sp³-hybridized carbons (Fsp3) is 0.444. The first kappa shape index (κ1) is 17.3. The van der Waals surface area contributed by atoms with E-state index in [4.69, 9.17) is 13.4 Å². The summed E-state index contributed by atoms with van der Waals surface area (Å²) in [5, 5.41) is 13.4. The summed E-state index contributed by atoms with van der Waals surface area (Å²) < 4.78 is 16.5. The van der Waals surface area contributed by atoms with Gasteiger partial charge in [-0.2, -0.15) is 15.2 Å². The van der Waals surface area contributed by atoms with Crippen LogP contribution in [0.3, 0.4) is 0 Å². The number of anilines is 1. The molecule has 140 valence electrons. The van der Waals surface area contributed by atoms with Gasteiger partial charge >= 0.3 is 0 Å². The molecule has 0 aromatic carbocycles. The van der Waals surface area contributed by atoms with Gasteiger partial charge in [0.1, 0.15) is 6.07 Å². The Hall–Kier alpha value is -3.12. The molecule has 1 aliphatic heterocycles. The number of piperazine rings is 1. The van der Waals surface area contributed by atoms with Gasteiger partial charge in [-0.25, -0.2) is 0 Å². The maximum Gasteiger partial charge on any atom is 0.266 e. The molecule has 4 rings (SSSR count). The van der Waals surface area contributed by atoms with E-state index in [1.54, 1.807) is 18.4 Å². The first-order valence-electron chi connectivity index (χ1n) is 8.96. The number of nitriles is 1. The van der Waals surface area contributed by atoms with Crippen molar-refractivity contribution >= 4 is 5.88 Å². The highest BCUT2D eigenvalue weighted by Crippen LogP contribution is 2.30. The van der Waals surface area contributed by atoms with Crippen LogP contribution >= 0.6 is 0 Å². The van der Waals surface area contributed by atoms with Crippen LogP contribution in [-0.4, -0.2) is 46.2 Å². The molecule has 1 atom stereocenters. The lowest BCUT2D eigenvalue weighted by Crippen LogP contribution is -2.47. The second-order valence-electron chi connectivity index (χ2n) is 6.36. The number of nitrogens with zero attached hydrogens (tertiary/aromatic N) is 6. The third-order valence-corrected chi connectivity index (χ3v) is 4.75. The Kier molecular flexibility index (Phi) is 4.64. The minimum atomic E-state index is 0.0452. The molecule has 1 fully saturated rings. The smallest absolute Gasteiger partial charge is 0.266 e. The van der Waals surface area contributed by atoms with E-state index in [0.717, 1.165) is 25.3 Å². The third-order valence-electron chi connectivity index (χ3n) is 4.75. The molecule has 0 unspecified atom stereocenters. The Morgan fingerprint density at radius 1 is 1.26 bits per heavy atom. The van der Waals surface area contributed by atoms with Gasteiger partial charge < -0.3 is 18.3 Å². The number of furan rings is 1. The van der Waals surface area contributed by atoms with E-state index in [9.17, 15) is 5.26 Å². The molecule has 0 spiro atoms. The fourth-order valence-electron chi connectivity index (χ4n) is 3.15. The predicted molar refractivity (Wildman–Crippen MR) is 94.8 cm³/mol. The summed E-state index contributed by atoms with van der Waals surface area (Å²) >= 11 is 0. The molecule has 9 nitrogen and oxygen atoms in total. The van der Waals surface area contributed by atoms with Crippen LogP contribution in [0.25, 0.3) is 11.7 Å². The Labute approximate surface area is 156 Å². The molecule has 3 aromatic heterocycles. The maximum atomic E-state index is 9.41. The van der Waals surface area contributed by atoms with E-state index in [1.807, 2.05) is 11.8 Å². The van der Waals surface area contributed by atoms with E-state index in [1.165, 1.54) is 0 Å². The summed E-state index contributed by atoms with van der Waals surface area (Å²) in [6, 6.07) is 5.67. The van der Waals surface area contributed by atoms with Crippen molar-refractivity contribution in [2.75, 3.05) is 31.1 Å². The molecule has 4 heterocycles. The number of hydrogen-bond donors (Lipinski definition) is 0. The van der Waals surface area contributed by atoms with Crippen molar-refractivity contribution in [2.24, 2.45) is 0 Å². The summed E-state index contributed by atoms with van der Waals surface area (Å²) in [7, 11) is 0. The normalized spacial score (nSPS) is 16.4. The Bertz CT molecular complexity index is 931. The Balaban J connectivity index is 1.45. The lowest BCUT2D eigenvalue weighted by Gasteiger charge is -2.36. The summed E-state index contributed by atoms with van der Waals surface area (Å²) in [6.07, 6.45) is 2.30. The molecule has 1 aliphatic rings. The average molecular weight is 368 g/mol. The summed E-state index contributed by atoms with van der Waals surface area (Å²) in [5.74, 6) is 2.68. The number of aromatic nitrogens is 3. The topological polar surface area (TPSA) is 108 Å². The van der Waals surface area contributed by atoms with E-state index < -0.39 is 0 Å². The molecular formula is C18H20N6O3. The quantitative estimate of drug-likeness (QED) is 0.671.